The Hall–Kier alpha value is -3.62. The zero-order valence-corrected chi connectivity index (χ0v) is 63.9. The van der Waals surface area contributed by atoms with Crippen LogP contribution in [0.2, 0.25) is 0 Å². The SMILES string of the molecule is CCCCCCCCCCCCOc1cc(C(=O)N/N=C/c2ccc(OCCCCCCCCCCCC)c(OCCCCCCCCCCCC)c2OCCCCCCCCCCCC)cc(OCCCCCCCCCCCC)c1OCCCCCCCCCCCC. The second-order valence-electron chi connectivity index (χ2n) is 28.5. The van der Waals surface area contributed by atoms with E-state index in [1.54, 1.807) is 6.21 Å². The molecule has 0 unspecified atom stereocenters. The van der Waals surface area contributed by atoms with Gasteiger partial charge in [0, 0.05) is 11.1 Å². The third-order valence-electron chi connectivity index (χ3n) is 19.3. The van der Waals surface area contributed by atoms with Gasteiger partial charge in [-0.1, -0.05) is 388 Å². The number of nitrogens with one attached hydrogen (secondary N) is 1. The molecule has 95 heavy (non-hydrogen) atoms. The van der Waals surface area contributed by atoms with Crippen LogP contribution in [0.4, 0.5) is 0 Å². The lowest BCUT2D eigenvalue weighted by Crippen LogP contribution is -2.18. The molecule has 0 saturated heterocycles. The normalized spacial score (nSPS) is 11.5. The molecule has 0 saturated carbocycles. The van der Waals surface area contributed by atoms with E-state index in [-0.39, 0.29) is 5.91 Å². The Balaban J connectivity index is 2.48. The zero-order chi connectivity index (χ0) is 68.1. The van der Waals surface area contributed by atoms with Gasteiger partial charge in [0.25, 0.3) is 5.91 Å². The van der Waals surface area contributed by atoms with Crippen molar-refractivity contribution < 1.29 is 33.2 Å². The second-order valence-corrected chi connectivity index (χ2v) is 28.5. The fraction of sp³-hybridized carbons (Fsp3) is 0.837. The van der Waals surface area contributed by atoms with Gasteiger partial charge in [-0.3, -0.25) is 4.79 Å². The van der Waals surface area contributed by atoms with E-state index in [0.29, 0.717) is 74.0 Å². The van der Waals surface area contributed by atoms with Crippen LogP contribution in [0, 0.1) is 0 Å². The molecular weight excluding hydrogens is 1170 g/mol. The molecule has 2 aromatic rings. The summed E-state index contributed by atoms with van der Waals surface area (Å²) in [7, 11) is 0. The third kappa shape index (κ3) is 51.2. The van der Waals surface area contributed by atoms with Crippen molar-refractivity contribution in [2.45, 2.75) is 427 Å². The topological polar surface area (TPSA) is 96.8 Å². The highest BCUT2D eigenvalue weighted by Crippen LogP contribution is 2.42. The first-order chi connectivity index (χ1) is 47.0. The van der Waals surface area contributed by atoms with Gasteiger partial charge in [0.1, 0.15) is 0 Å². The minimum absolute atomic E-state index is 0.336. The van der Waals surface area contributed by atoms with Crippen LogP contribution < -0.4 is 33.8 Å². The summed E-state index contributed by atoms with van der Waals surface area (Å²) in [5, 5.41) is 4.69. The molecule has 0 aliphatic rings. The van der Waals surface area contributed by atoms with Gasteiger partial charge in [-0.05, 0) is 62.8 Å². The lowest BCUT2D eigenvalue weighted by Gasteiger charge is -2.19. The van der Waals surface area contributed by atoms with Crippen molar-refractivity contribution in [3.63, 3.8) is 0 Å². The van der Waals surface area contributed by atoms with E-state index < -0.39 is 0 Å². The van der Waals surface area contributed by atoms with Crippen molar-refractivity contribution in [1.29, 1.82) is 0 Å². The van der Waals surface area contributed by atoms with Gasteiger partial charge in [0.2, 0.25) is 11.5 Å². The van der Waals surface area contributed by atoms with Crippen LogP contribution in [0.15, 0.2) is 29.4 Å². The maximum absolute atomic E-state index is 14.6. The third-order valence-corrected chi connectivity index (χ3v) is 19.3. The van der Waals surface area contributed by atoms with Crippen molar-refractivity contribution >= 4 is 12.1 Å². The van der Waals surface area contributed by atoms with Gasteiger partial charge in [0.15, 0.2) is 23.0 Å². The number of ether oxygens (including phenoxy) is 6. The fourth-order valence-corrected chi connectivity index (χ4v) is 13.0. The summed E-state index contributed by atoms with van der Waals surface area (Å²) in [6.07, 6.45) is 77.4. The Morgan fingerprint density at radius 3 is 0.768 bits per heavy atom. The maximum atomic E-state index is 14.6. The van der Waals surface area contributed by atoms with E-state index in [9.17, 15) is 4.79 Å². The minimum Gasteiger partial charge on any atom is -0.490 e. The molecule has 1 amide bonds. The summed E-state index contributed by atoms with van der Waals surface area (Å²) in [5.41, 5.74) is 4.10. The van der Waals surface area contributed by atoms with E-state index in [1.165, 1.54) is 308 Å². The fourth-order valence-electron chi connectivity index (χ4n) is 13.0. The summed E-state index contributed by atoms with van der Waals surface area (Å²) in [6.45, 7) is 17.2. The number of benzene rings is 2. The highest BCUT2D eigenvalue weighted by molar-refractivity contribution is 5.96. The first kappa shape index (κ1) is 87.5. The number of carbonyl (C=O) groups excluding carboxylic acids is 1. The number of carbonyl (C=O) groups is 1. The first-order valence-electron chi connectivity index (χ1n) is 42.0. The average Bonchev–Trinajstić information content (AvgIpc) is 0.855. The summed E-state index contributed by atoms with van der Waals surface area (Å²) in [4.78, 5) is 14.6. The van der Waals surface area contributed by atoms with Crippen LogP contribution in [-0.2, 0) is 0 Å². The number of hydrazone groups is 1. The summed E-state index contributed by atoms with van der Waals surface area (Å²) in [6, 6.07) is 7.74. The van der Waals surface area contributed by atoms with Crippen LogP contribution in [-0.4, -0.2) is 51.8 Å². The molecular formula is C86H156N2O7. The minimum atomic E-state index is -0.336. The van der Waals surface area contributed by atoms with Gasteiger partial charge in [-0.2, -0.15) is 5.10 Å². The molecule has 0 radical (unpaired) electrons. The van der Waals surface area contributed by atoms with Crippen LogP contribution >= 0.6 is 0 Å². The predicted molar refractivity (Wildman–Crippen MR) is 412 cm³/mol. The Bertz CT molecular complexity index is 1940. The Morgan fingerprint density at radius 1 is 0.274 bits per heavy atom. The number of hydrogen-bond acceptors (Lipinski definition) is 8. The first-order valence-corrected chi connectivity index (χ1v) is 42.0. The molecule has 0 bridgehead atoms. The van der Waals surface area contributed by atoms with E-state index in [4.69, 9.17) is 28.4 Å². The van der Waals surface area contributed by atoms with Crippen LogP contribution in [0.25, 0.3) is 0 Å². The van der Waals surface area contributed by atoms with Crippen molar-refractivity contribution in [2.24, 2.45) is 5.10 Å². The van der Waals surface area contributed by atoms with Crippen molar-refractivity contribution in [3.05, 3.63) is 35.4 Å². The van der Waals surface area contributed by atoms with E-state index in [2.05, 4.69) is 52.1 Å². The molecule has 0 heterocycles. The van der Waals surface area contributed by atoms with Crippen molar-refractivity contribution in [3.8, 4) is 34.5 Å². The molecule has 0 atom stereocenters. The van der Waals surface area contributed by atoms with Gasteiger partial charge in [-0.25, -0.2) is 5.43 Å². The van der Waals surface area contributed by atoms with Gasteiger partial charge >= 0.3 is 0 Å². The monoisotopic (exact) mass is 1330 g/mol. The average molecular weight is 1330 g/mol. The molecule has 0 aliphatic heterocycles. The lowest BCUT2D eigenvalue weighted by molar-refractivity contribution is 0.0953. The quantitative estimate of drug-likeness (QED) is 0.0400. The summed E-state index contributed by atoms with van der Waals surface area (Å²) < 4.78 is 40.4. The molecule has 552 valence electrons. The van der Waals surface area contributed by atoms with E-state index in [1.807, 2.05) is 24.3 Å². The number of hydrogen-bond donors (Lipinski definition) is 1. The molecule has 9 nitrogen and oxygen atoms in total. The second kappa shape index (κ2) is 68.9. The van der Waals surface area contributed by atoms with Gasteiger partial charge in [-0.15, -0.1) is 0 Å². The van der Waals surface area contributed by atoms with E-state index >= 15 is 0 Å². The summed E-state index contributed by atoms with van der Waals surface area (Å²) in [5.74, 6) is 3.43. The maximum Gasteiger partial charge on any atom is 0.271 e. The molecule has 0 spiro atoms. The smallest absolute Gasteiger partial charge is 0.271 e. The molecule has 9 heteroatoms. The standard InChI is InChI=1S/C86H156N2O7/c1-7-13-19-25-31-37-43-49-55-61-69-90-80-68-67-78(83(93-72-64-58-52-46-40-34-28-22-16-10-4)85(80)95-74-66-60-54-48-42-36-30-24-18-12-6)77-87-88-86(89)79-75-81(91-70-62-56-50-44-38-32-26-20-14-8-2)84(94-73-65-59-53-47-41-35-29-23-17-11-5)82(76-79)92-71-63-57-51-45-39-33-27-21-15-9-3/h67-68,75-77H,7-66,69-74H2,1-6H3,(H,88,89)/b87-77+. The van der Waals surface area contributed by atoms with Crippen LogP contribution in [0.1, 0.15) is 443 Å². The molecule has 0 aromatic heterocycles. The molecule has 0 aliphatic carbocycles. The highest BCUT2D eigenvalue weighted by atomic mass is 16.5. The van der Waals surface area contributed by atoms with Crippen LogP contribution in [0.3, 0.4) is 0 Å². The van der Waals surface area contributed by atoms with Crippen molar-refractivity contribution in [2.75, 3.05) is 39.6 Å². The summed E-state index contributed by atoms with van der Waals surface area (Å²) >= 11 is 0. The number of amides is 1. The van der Waals surface area contributed by atoms with Crippen LogP contribution in [0.5, 0.6) is 34.5 Å². The molecule has 0 fully saturated rings. The van der Waals surface area contributed by atoms with Crippen molar-refractivity contribution in [1.82, 2.24) is 5.43 Å². The molecule has 2 aromatic carbocycles. The number of rotatable bonds is 75. The largest absolute Gasteiger partial charge is 0.490 e. The number of unbranched alkanes of at least 4 members (excludes halogenated alkanes) is 54. The Morgan fingerprint density at radius 2 is 0.495 bits per heavy atom. The lowest BCUT2D eigenvalue weighted by atomic mass is 10.1. The zero-order valence-electron chi connectivity index (χ0n) is 63.9. The highest BCUT2D eigenvalue weighted by Gasteiger charge is 2.21. The molecule has 2 rings (SSSR count). The Kier molecular flexibility index (Phi) is 63.4. The Labute approximate surface area is 589 Å². The van der Waals surface area contributed by atoms with Gasteiger partial charge in [0.05, 0.1) is 45.9 Å². The van der Waals surface area contributed by atoms with Gasteiger partial charge < -0.3 is 28.4 Å². The predicted octanol–water partition coefficient (Wildman–Crippen LogP) is 28.2. The molecule has 1 N–H and O–H groups in total. The number of nitrogens with zero attached hydrogens (tertiary/aromatic N) is 1. The van der Waals surface area contributed by atoms with E-state index in [0.717, 1.165) is 88.4 Å².